The summed E-state index contributed by atoms with van der Waals surface area (Å²) in [5.41, 5.74) is 0. The smallest absolute Gasteiger partial charge is 0.251 e. The Hall–Kier alpha value is -1.13. The van der Waals surface area contributed by atoms with E-state index in [-0.39, 0.29) is 11.8 Å². The molecule has 0 rings (SSSR count). The summed E-state index contributed by atoms with van der Waals surface area (Å²) in [6.45, 7) is 5.60. The summed E-state index contributed by atoms with van der Waals surface area (Å²) < 4.78 is 0. The lowest BCUT2D eigenvalue weighted by Crippen LogP contribution is -2.39. The summed E-state index contributed by atoms with van der Waals surface area (Å²) in [5.74, 6) is -0.662. The first-order valence-electron chi connectivity index (χ1n) is 6.23. The number of carbonyl (C=O) groups excluding carboxylic acids is 1. The van der Waals surface area contributed by atoms with Crippen molar-refractivity contribution in [3.63, 3.8) is 0 Å². The number of rotatable bonds is 7. The number of hydrogen-bond acceptors (Lipinski definition) is 3. The van der Waals surface area contributed by atoms with Crippen molar-refractivity contribution in [3.8, 4) is 0 Å². The van der Waals surface area contributed by atoms with Gasteiger partial charge in [0, 0.05) is 7.05 Å². The highest BCUT2D eigenvalue weighted by Gasteiger charge is 2.28. The van der Waals surface area contributed by atoms with E-state index in [1.54, 1.807) is 14.0 Å². The van der Waals surface area contributed by atoms with Gasteiger partial charge in [0.2, 0.25) is 0 Å². The van der Waals surface area contributed by atoms with Gasteiger partial charge in [-0.3, -0.25) is 9.63 Å². The zero-order valence-corrected chi connectivity index (χ0v) is 12.0. The van der Waals surface area contributed by atoms with Gasteiger partial charge in [-0.2, -0.15) is 0 Å². The van der Waals surface area contributed by atoms with Crippen LogP contribution < -0.4 is 0 Å². The third-order valence-corrected chi connectivity index (χ3v) is 3.02. The van der Waals surface area contributed by atoms with E-state index in [0.29, 0.717) is 0 Å². The van der Waals surface area contributed by atoms with Crippen LogP contribution in [0.5, 0.6) is 0 Å². The van der Waals surface area contributed by atoms with Crippen molar-refractivity contribution in [1.29, 1.82) is 0 Å². The first-order chi connectivity index (χ1) is 8.45. The van der Waals surface area contributed by atoms with Crippen LogP contribution in [0, 0.1) is 11.8 Å². The van der Waals surface area contributed by atoms with E-state index >= 15 is 0 Å². The SMILES string of the molecule is CC=CC=CCC(C)C(O)C(C)C(=O)N(C)OC. The van der Waals surface area contributed by atoms with Gasteiger partial charge in [-0.05, 0) is 19.3 Å². The van der Waals surface area contributed by atoms with Gasteiger partial charge in [0.15, 0.2) is 0 Å². The third kappa shape index (κ3) is 5.47. The molecular weight excluding hydrogens is 230 g/mol. The highest BCUT2D eigenvalue weighted by atomic mass is 16.7. The fraction of sp³-hybridized carbons (Fsp3) is 0.643. The lowest BCUT2D eigenvalue weighted by Gasteiger charge is -2.26. The van der Waals surface area contributed by atoms with Crippen molar-refractivity contribution >= 4 is 5.91 Å². The Balaban J connectivity index is 4.35. The third-order valence-electron chi connectivity index (χ3n) is 3.02. The Bertz CT molecular complexity index is 299. The summed E-state index contributed by atoms with van der Waals surface area (Å²) in [5, 5.41) is 11.3. The molecule has 1 N–H and O–H groups in total. The molecule has 0 aromatic heterocycles. The summed E-state index contributed by atoms with van der Waals surface area (Å²) >= 11 is 0. The minimum atomic E-state index is -0.676. The van der Waals surface area contributed by atoms with Crippen LogP contribution in [-0.2, 0) is 9.63 Å². The highest BCUT2D eigenvalue weighted by Crippen LogP contribution is 2.18. The van der Waals surface area contributed by atoms with Crippen LogP contribution in [0.3, 0.4) is 0 Å². The molecule has 0 aliphatic rings. The fourth-order valence-corrected chi connectivity index (χ4v) is 1.64. The molecular formula is C14H25NO3. The van der Waals surface area contributed by atoms with Crippen molar-refractivity contribution in [1.82, 2.24) is 5.06 Å². The zero-order chi connectivity index (χ0) is 14.1. The van der Waals surface area contributed by atoms with E-state index in [1.807, 2.05) is 38.2 Å². The van der Waals surface area contributed by atoms with Gasteiger partial charge >= 0.3 is 0 Å². The van der Waals surface area contributed by atoms with E-state index < -0.39 is 12.0 Å². The lowest BCUT2D eigenvalue weighted by molar-refractivity contribution is -0.177. The monoisotopic (exact) mass is 255 g/mol. The maximum Gasteiger partial charge on any atom is 0.251 e. The first kappa shape index (κ1) is 16.9. The molecule has 0 spiro atoms. The number of hydrogen-bond donors (Lipinski definition) is 1. The zero-order valence-electron chi connectivity index (χ0n) is 12.0. The van der Waals surface area contributed by atoms with Crippen LogP contribution in [0.4, 0.5) is 0 Å². The molecule has 0 fully saturated rings. The molecule has 0 aliphatic heterocycles. The average Bonchev–Trinajstić information content (AvgIpc) is 2.39. The summed E-state index contributed by atoms with van der Waals surface area (Å²) in [6.07, 6.45) is 7.87. The largest absolute Gasteiger partial charge is 0.392 e. The number of carbonyl (C=O) groups is 1. The molecule has 104 valence electrons. The highest BCUT2D eigenvalue weighted by molar-refractivity contribution is 5.77. The van der Waals surface area contributed by atoms with Gasteiger partial charge in [-0.15, -0.1) is 0 Å². The van der Waals surface area contributed by atoms with Crippen LogP contribution in [-0.4, -0.2) is 36.3 Å². The Kier molecular flexibility index (Phi) is 8.33. The molecule has 0 radical (unpaired) electrons. The number of nitrogens with zero attached hydrogens (tertiary/aromatic N) is 1. The molecule has 0 saturated heterocycles. The maximum atomic E-state index is 11.8. The van der Waals surface area contributed by atoms with Crippen molar-refractivity contribution in [2.75, 3.05) is 14.2 Å². The number of aliphatic hydroxyl groups excluding tert-OH is 1. The van der Waals surface area contributed by atoms with E-state index in [2.05, 4.69) is 0 Å². The molecule has 0 aromatic rings. The minimum Gasteiger partial charge on any atom is -0.392 e. The molecule has 1 amide bonds. The predicted octanol–water partition coefficient (Wildman–Crippen LogP) is 2.16. The van der Waals surface area contributed by atoms with Crippen molar-refractivity contribution in [2.45, 2.75) is 33.3 Å². The van der Waals surface area contributed by atoms with Crippen molar-refractivity contribution in [3.05, 3.63) is 24.3 Å². The van der Waals surface area contributed by atoms with Gasteiger partial charge in [0.05, 0.1) is 19.1 Å². The number of allylic oxidation sites excluding steroid dienone is 4. The summed E-state index contributed by atoms with van der Waals surface area (Å²) in [6, 6.07) is 0. The Morgan fingerprint density at radius 2 is 2.00 bits per heavy atom. The van der Waals surface area contributed by atoms with Crippen molar-refractivity contribution < 1.29 is 14.7 Å². The Morgan fingerprint density at radius 3 is 2.50 bits per heavy atom. The van der Waals surface area contributed by atoms with Gasteiger partial charge in [-0.1, -0.05) is 38.2 Å². The molecule has 18 heavy (non-hydrogen) atoms. The standard InChI is InChI=1S/C14H25NO3/c1-6-7-8-9-10-11(2)13(16)12(3)14(17)15(4)18-5/h6-9,11-13,16H,10H2,1-5H3. The topological polar surface area (TPSA) is 49.8 Å². The van der Waals surface area contributed by atoms with Crippen LogP contribution in [0.2, 0.25) is 0 Å². The van der Waals surface area contributed by atoms with Gasteiger partial charge in [-0.25, -0.2) is 5.06 Å². The van der Waals surface area contributed by atoms with Gasteiger partial charge < -0.3 is 5.11 Å². The summed E-state index contributed by atoms with van der Waals surface area (Å²) in [7, 11) is 2.97. The van der Waals surface area contributed by atoms with Gasteiger partial charge in [0.1, 0.15) is 0 Å². The average molecular weight is 255 g/mol. The Morgan fingerprint density at radius 1 is 1.39 bits per heavy atom. The minimum absolute atomic E-state index is 0.0238. The predicted molar refractivity (Wildman–Crippen MR) is 72.7 cm³/mol. The first-order valence-corrected chi connectivity index (χ1v) is 6.23. The second-order valence-electron chi connectivity index (χ2n) is 4.46. The molecule has 3 unspecified atom stereocenters. The van der Waals surface area contributed by atoms with Crippen LogP contribution in [0.1, 0.15) is 27.2 Å². The molecule has 0 aromatic carbocycles. The molecule has 4 heteroatoms. The second-order valence-corrected chi connectivity index (χ2v) is 4.46. The van der Waals surface area contributed by atoms with E-state index in [1.165, 1.54) is 7.11 Å². The normalized spacial score (nSPS) is 17.0. The van der Waals surface area contributed by atoms with Crippen LogP contribution in [0.25, 0.3) is 0 Å². The lowest BCUT2D eigenvalue weighted by atomic mass is 9.90. The van der Waals surface area contributed by atoms with Crippen molar-refractivity contribution in [2.24, 2.45) is 11.8 Å². The molecule has 0 aliphatic carbocycles. The maximum absolute atomic E-state index is 11.8. The van der Waals surface area contributed by atoms with E-state index in [9.17, 15) is 9.90 Å². The molecule has 0 heterocycles. The molecule has 0 saturated carbocycles. The molecule has 4 nitrogen and oxygen atoms in total. The number of aliphatic hydroxyl groups is 1. The fourth-order valence-electron chi connectivity index (χ4n) is 1.64. The number of hydroxylamine groups is 2. The number of amides is 1. The van der Waals surface area contributed by atoms with E-state index in [4.69, 9.17) is 4.84 Å². The van der Waals surface area contributed by atoms with Crippen LogP contribution in [0.15, 0.2) is 24.3 Å². The van der Waals surface area contributed by atoms with Crippen LogP contribution >= 0.6 is 0 Å². The molecule has 3 atom stereocenters. The Labute approximate surface area is 110 Å². The summed E-state index contributed by atoms with van der Waals surface area (Å²) in [4.78, 5) is 16.6. The van der Waals surface area contributed by atoms with E-state index in [0.717, 1.165) is 11.5 Å². The quantitative estimate of drug-likeness (QED) is 0.560. The second kappa shape index (κ2) is 8.89. The molecule has 0 bridgehead atoms. The van der Waals surface area contributed by atoms with Gasteiger partial charge in [0.25, 0.3) is 5.91 Å².